The second kappa shape index (κ2) is 6.67. The second-order valence-electron chi connectivity index (χ2n) is 5.14. The first-order valence-corrected chi connectivity index (χ1v) is 7.82. The minimum atomic E-state index is -0.253. The molecule has 0 fully saturated rings. The van der Waals surface area contributed by atoms with Crippen molar-refractivity contribution in [1.29, 1.82) is 0 Å². The highest BCUT2D eigenvalue weighted by atomic mass is 32.1. The van der Waals surface area contributed by atoms with Crippen LogP contribution in [0.1, 0.15) is 6.42 Å². The number of benzene rings is 1. The average Bonchev–Trinajstić information content (AvgIpc) is 3.19. The van der Waals surface area contributed by atoms with Crippen molar-refractivity contribution >= 4 is 23.3 Å². The number of anilines is 1. The molecule has 3 rings (SSSR count). The van der Waals surface area contributed by atoms with Gasteiger partial charge in [-0.2, -0.15) is 0 Å². The van der Waals surface area contributed by atoms with Crippen LogP contribution < -0.4 is 10.6 Å². The van der Waals surface area contributed by atoms with Gasteiger partial charge in [-0.3, -0.25) is 0 Å². The van der Waals surface area contributed by atoms with Crippen molar-refractivity contribution in [3.8, 4) is 11.3 Å². The van der Waals surface area contributed by atoms with Crippen LogP contribution in [-0.2, 0) is 0 Å². The Balaban J connectivity index is 1.55. The highest BCUT2D eigenvalue weighted by Crippen LogP contribution is 2.20. The van der Waals surface area contributed by atoms with Gasteiger partial charge in [-0.05, 0) is 30.1 Å². The quantitative estimate of drug-likeness (QED) is 0.755. The third-order valence-corrected chi connectivity index (χ3v) is 4.03. The normalized spacial score (nSPS) is 20.0. The maximum Gasteiger partial charge on any atom is 0.319 e. The van der Waals surface area contributed by atoms with Gasteiger partial charge < -0.3 is 15.7 Å². The number of carbonyl (C=O) groups excluding carboxylic acids is 1. The lowest BCUT2D eigenvalue weighted by molar-refractivity contribution is 0.238. The molecule has 0 aliphatic heterocycles. The zero-order chi connectivity index (χ0) is 15.4. The van der Waals surface area contributed by atoms with E-state index in [-0.39, 0.29) is 24.6 Å². The minimum absolute atomic E-state index is 0.0301. The predicted octanol–water partition coefficient (Wildman–Crippen LogP) is 2.26. The predicted molar refractivity (Wildman–Crippen MR) is 85.6 cm³/mol. The molecule has 0 unspecified atom stereocenters. The molecule has 1 aliphatic rings. The molecule has 2 amide bonds. The number of urea groups is 1. The molecule has 2 aromatic rings. The van der Waals surface area contributed by atoms with Crippen LogP contribution in [0.3, 0.4) is 0 Å². The van der Waals surface area contributed by atoms with Crippen molar-refractivity contribution in [2.75, 3.05) is 11.9 Å². The summed E-state index contributed by atoms with van der Waals surface area (Å²) in [5.41, 5.74) is 2.50. The number of nitrogens with zero attached hydrogens (tertiary/aromatic N) is 2. The summed E-state index contributed by atoms with van der Waals surface area (Å²) in [6.45, 7) is 0.114. The number of rotatable bonds is 4. The summed E-state index contributed by atoms with van der Waals surface area (Å²) in [6, 6.07) is 7.16. The molecule has 2 atom stereocenters. The van der Waals surface area contributed by atoms with Gasteiger partial charge >= 0.3 is 6.03 Å². The molecule has 114 valence electrons. The van der Waals surface area contributed by atoms with Gasteiger partial charge in [0.05, 0.1) is 0 Å². The van der Waals surface area contributed by atoms with Gasteiger partial charge in [0.25, 0.3) is 0 Å². The molecule has 0 saturated heterocycles. The van der Waals surface area contributed by atoms with Crippen molar-refractivity contribution in [1.82, 2.24) is 14.9 Å². The minimum Gasteiger partial charge on any atom is -0.396 e. The van der Waals surface area contributed by atoms with Crippen molar-refractivity contribution in [2.24, 2.45) is 5.92 Å². The molecular weight excluding hydrogens is 300 g/mol. The fraction of sp³-hybridized carbons (Fsp3) is 0.267. The van der Waals surface area contributed by atoms with Gasteiger partial charge in [0.15, 0.2) is 0 Å². The molecule has 1 aromatic heterocycles. The fourth-order valence-corrected chi connectivity index (χ4v) is 2.83. The van der Waals surface area contributed by atoms with Crippen LogP contribution in [0.15, 0.2) is 41.8 Å². The van der Waals surface area contributed by atoms with E-state index in [9.17, 15) is 4.79 Å². The summed E-state index contributed by atoms with van der Waals surface area (Å²) in [7, 11) is 0. The molecule has 22 heavy (non-hydrogen) atoms. The third-order valence-electron chi connectivity index (χ3n) is 3.52. The summed E-state index contributed by atoms with van der Waals surface area (Å²) < 4.78 is 3.83. The van der Waals surface area contributed by atoms with E-state index in [0.29, 0.717) is 5.69 Å². The topological polar surface area (TPSA) is 87.1 Å². The number of aromatic nitrogens is 2. The molecule has 1 heterocycles. The second-order valence-corrected chi connectivity index (χ2v) is 5.75. The zero-order valence-electron chi connectivity index (χ0n) is 11.8. The highest BCUT2D eigenvalue weighted by Gasteiger charge is 2.19. The Bertz CT molecular complexity index is 655. The molecule has 6 nitrogen and oxygen atoms in total. The Hall–Kier alpha value is -2.25. The van der Waals surface area contributed by atoms with Crippen molar-refractivity contribution in [3.05, 3.63) is 41.8 Å². The van der Waals surface area contributed by atoms with E-state index in [1.54, 1.807) is 0 Å². The van der Waals surface area contributed by atoms with Crippen LogP contribution in [0.5, 0.6) is 0 Å². The van der Waals surface area contributed by atoms with E-state index in [2.05, 4.69) is 20.2 Å². The van der Waals surface area contributed by atoms with E-state index in [1.165, 1.54) is 11.5 Å². The van der Waals surface area contributed by atoms with Crippen LogP contribution >= 0.6 is 11.5 Å². The Morgan fingerprint density at radius 2 is 2.14 bits per heavy atom. The Kier molecular flexibility index (Phi) is 4.45. The third kappa shape index (κ3) is 3.49. The Morgan fingerprint density at radius 3 is 2.77 bits per heavy atom. The first-order chi connectivity index (χ1) is 10.7. The fourth-order valence-electron chi connectivity index (χ4n) is 2.37. The maximum atomic E-state index is 11.9. The van der Waals surface area contributed by atoms with Crippen LogP contribution in [-0.4, -0.2) is 33.4 Å². The summed E-state index contributed by atoms with van der Waals surface area (Å²) in [5.74, 6) is 0.135. The Morgan fingerprint density at radius 1 is 1.32 bits per heavy atom. The van der Waals surface area contributed by atoms with Crippen LogP contribution in [0.4, 0.5) is 10.5 Å². The lowest BCUT2D eigenvalue weighted by Gasteiger charge is -2.13. The number of nitrogens with one attached hydrogen (secondary N) is 2. The lowest BCUT2D eigenvalue weighted by Crippen LogP contribution is -2.36. The van der Waals surface area contributed by atoms with E-state index in [4.69, 9.17) is 5.11 Å². The largest absolute Gasteiger partial charge is 0.396 e. The van der Waals surface area contributed by atoms with Gasteiger partial charge in [0.1, 0.15) is 5.69 Å². The van der Waals surface area contributed by atoms with E-state index in [0.717, 1.165) is 17.7 Å². The first-order valence-electron chi connectivity index (χ1n) is 6.99. The van der Waals surface area contributed by atoms with Crippen LogP contribution in [0, 0.1) is 5.92 Å². The number of aliphatic hydroxyl groups is 1. The Labute approximate surface area is 132 Å². The average molecular weight is 316 g/mol. The number of hydrogen-bond acceptors (Lipinski definition) is 5. The molecule has 1 aromatic carbocycles. The zero-order valence-corrected chi connectivity index (χ0v) is 12.6. The summed E-state index contributed by atoms with van der Waals surface area (Å²) in [6.07, 6.45) is 4.58. The number of aliphatic hydroxyl groups excluding tert-OH is 1. The van der Waals surface area contributed by atoms with Gasteiger partial charge in [0.2, 0.25) is 0 Å². The van der Waals surface area contributed by atoms with Crippen molar-refractivity contribution in [2.45, 2.75) is 12.5 Å². The molecule has 0 radical (unpaired) electrons. The van der Waals surface area contributed by atoms with Crippen molar-refractivity contribution in [3.63, 3.8) is 0 Å². The molecule has 3 N–H and O–H groups in total. The van der Waals surface area contributed by atoms with Crippen LogP contribution in [0.25, 0.3) is 11.3 Å². The van der Waals surface area contributed by atoms with Gasteiger partial charge in [-0.1, -0.05) is 28.8 Å². The maximum absolute atomic E-state index is 11.9. The highest BCUT2D eigenvalue weighted by molar-refractivity contribution is 7.03. The van der Waals surface area contributed by atoms with E-state index >= 15 is 0 Å². The molecule has 0 bridgehead atoms. The molecule has 0 saturated carbocycles. The standard InChI is InChI=1S/C15H16N4O2S/c20-8-10-1-4-13(7-10)17-15(21)16-12-5-2-11(3-6-12)14-9-22-19-18-14/h1-6,9-10,13,20H,7-8H2,(H2,16,17,21)/t10-,13+/m0/s1. The smallest absolute Gasteiger partial charge is 0.319 e. The summed E-state index contributed by atoms with van der Waals surface area (Å²) in [5, 5.41) is 20.6. The van der Waals surface area contributed by atoms with Crippen molar-refractivity contribution < 1.29 is 9.90 Å². The van der Waals surface area contributed by atoms with Gasteiger partial charge in [-0.25, -0.2) is 4.79 Å². The monoisotopic (exact) mass is 316 g/mol. The molecule has 1 aliphatic carbocycles. The number of hydrogen-bond donors (Lipinski definition) is 3. The van der Waals surface area contributed by atoms with E-state index < -0.39 is 0 Å². The SMILES string of the molecule is O=C(Nc1ccc(-c2csnn2)cc1)N[C@@H]1C=C[C@H](CO)C1. The molecular formula is C15H16N4O2S. The number of amides is 2. The first kappa shape index (κ1) is 14.7. The summed E-state index contributed by atoms with van der Waals surface area (Å²) >= 11 is 1.30. The summed E-state index contributed by atoms with van der Waals surface area (Å²) in [4.78, 5) is 11.9. The number of carbonyl (C=O) groups is 1. The molecule has 7 heteroatoms. The lowest BCUT2D eigenvalue weighted by atomic mass is 10.1. The van der Waals surface area contributed by atoms with Crippen LogP contribution in [0.2, 0.25) is 0 Å². The van der Waals surface area contributed by atoms with Gasteiger partial charge in [-0.15, -0.1) is 5.10 Å². The van der Waals surface area contributed by atoms with E-state index in [1.807, 2.05) is 41.8 Å². The van der Waals surface area contributed by atoms with Gasteiger partial charge in [0, 0.05) is 35.2 Å². The molecule has 0 spiro atoms.